The van der Waals surface area contributed by atoms with E-state index in [1.807, 2.05) is 14.2 Å². The fourth-order valence-corrected chi connectivity index (χ4v) is 4.56. The number of hydrogen-bond donors (Lipinski definition) is 0. The molecule has 3 unspecified atom stereocenters. The van der Waals surface area contributed by atoms with Crippen LogP contribution in [0.1, 0.15) is 38.5 Å². The van der Waals surface area contributed by atoms with Crippen molar-refractivity contribution < 1.29 is 9.47 Å². The molecular weight excluding hydrogens is 236 g/mol. The van der Waals surface area contributed by atoms with Crippen LogP contribution in [0.5, 0.6) is 0 Å². The summed E-state index contributed by atoms with van der Waals surface area (Å²) < 4.78 is 11.0. The lowest BCUT2D eigenvalue weighted by molar-refractivity contribution is -0.0842. The molecule has 3 atom stereocenters. The molecule has 2 aliphatic rings. The van der Waals surface area contributed by atoms with Crippen LogP contribution in [0.2, 0.25) is 0 Å². The standard InChI is InChI=1S/C14H25ClO2/c1-16-9-14(10-17-2)8-7-13(15)11-5-3-4-6-12(11)14/h11-13H,3-10H2,1-2H3. The third kappa shape index (κ3) is 2.64. The van der Waals surface area contributed by atoms with E-state index in [2.05, 4.69) is 0 Å². The predicted octanol–water partition coefficient (Wildman–Crippen LogP) is 3.47. The zero-order valence-electron chi connectivity index (χ0n) is 11.1. The topological polar surface area (TPSA) is 18.5 Å². The lowest BCUT2D eigenvalue weighted by Crippen LogP contribution is -2.50. The van der Waals surface area contributed by atoms with Gasteiger partial charge in [-0.1, -0.05) is 12.8 Å². The average molecular weight is 261 g/mol. The molecule has 2 fully saturated rings. The molecular formula is C14H25ClO2. The van der Waals surface area contributed by atoms with Gasteiger partial charge in [-0.05, 0) is 37.5 Å². The molecule has 0 heterocycles. The van der Waals surface area contributed by atoms with Crippen molar-refractivity contribution in [1.82, 2.24) is 0 Å². The Balaban J connectivity index is 2.18. The molecule has 0 aromatic heterocycles. The summed E-state index contributed by atoms with van der Waals surface area (Å²) in [5.74, 6) is 1.39. The van der Waals surface area contributed by atoms with Crippen molar-refractivity contribution in [2.45, 2.75) is 43.9 Å². The Kier molecular flexibility index (Phi) is 4.73. The molecule has 3 heteroatoms. The number of methoxy groups -OCH3 is 2. The lowest BCUT2D eigenvalue weighted by Gasteiger charge is -2.51. The van der Waals surface area contributed by atoms with Crippen molar-refractivity contribution >= 4 is 11.6 Å². The molecule has 0 radical (unpaired) electrons. The van der Waals surface area contributed by atoms with Crippen LogP contribution in [0.4, 0.5) is 0 Å². The highest BCUT2D eigenvalue weighted by atomic mass is 35.5. The van der Waals surface area contributed by atoms with E-state index in [1.54, 1.807) is 0 Å². The smallest absolute Gasteiger partial charge is 0.0543 e. The van der Waals surface area contributed by atoms with Gasteiger partial charge in [-0.3, -0.25) is 0 Å². The Labute approximate surface area is 110 Å². The first kappa shape index (κ1) is 13.6. The van der Waals surface area contributed by atoms with Crippen molar-refractivity contribution in [2.75, 3.05) is 27.4 Å². The van der Waals surface area contributed by atoms with Gasteiger partial charge in [0.25, 0.3) is 0 Å². The molecule has 0 spiro atoms. The molecule has 0 N–H and O–H groups in total. The number of halogens is 1. The molecule has 2 nitrogen and oxygen atoms in total. The number of alkyl halides is 1. The number of ether oxygens (including phenoxy) is 2. The Hall–Kier alpha value is 0.210. The summed E-state index contributed by atoms with van der Waals surface area (Å²) in [6, 6.07) is 0. The monoisotopic (exact) mass is 260 g/mol. The van der Waals surface area contributed by atoms with Gasteiger partial charge in [0.05, 0.1) is 13.2 Å². The van der Waals surface area contributed by atoms with Crippen molar-refractivity contribution in [3.8, 4) is 0 Å². The third-order valence-corrected chi connectivity index (χ3v) is 5.39. The summed E-state index contributed by atoms with van der Waals surface area (Å²) >= 11 is 6.54. The molecule has 2 saturated carbocycles. The van der Waals surface area contributed by atoms with E-state index in [0.29, 0.717) is 17.2 Å². The maximum atomic E-state index is 6.54. The molecule has 0 bridgehead atoms. The summed E-state index contributed by atoms with van der Waals surface area (Å²) in [6.45, 7) is 1.65. The summed E-state index contributed by atoms with van der Waals surface area (Å²) in [6.07, 6.45) is 7.58. The Morgan fingerprint density at radius 1 is 1.06 bits per heavy atom. The normalized spacial score (nSPS) is 36.5. The number of fused-ring (bicyclic) bond motifs is 1. The highest BCUT2D eigenvalue weighted by molar-refractivity contribution is 6.20. The fraction of sp³-hybridized carbons (Fsp3) is 1.00. The molecule has 0 aliphatic heterocycles. The van der Waals surface area contributed by atoms with E-state index in [4.69, 9.17) is 21.1 Å². The predicted molar refractivity (Wildman–Crippen MR) is 70.5 cm³/mol. The van der Waals surface area contributed by atoms with Gasteiger partial charge in [0.1, 0.15) is 0 Å². The molecule has 100 valence electrons. The summed E-state index contributed by atoms with van der Waals surface area (Å²) in [7, 11) is 3.62. The second kappa shape index (κ2) is 5.90. The maximum absolute atomic E-state index is 6.54. The van der Waals surface area contributed by atoms with E-state index in [-0.39, 0.29) is 5.41 Å². The van der Waals surface area contributed by atoms with Gasteiger partial charge in [-0.15, -0.1) is 11.6 Å². The van der Waals surface area contributed by atoms with Gasteiger partial charge in [0.15, 0.2) is 0 Å². The Morgan fingerprint density at radius 2 is 1.71 bits per heavy atom. The number of hydrogen-bond acceptors (Lipinski definition) is 2. The van der Waals surface area contributed by atoms with Crippen molar-refractivity contribution in [1.29, 1.82) is 0 Å². The average Bonchev–Trinajstić information content (AvgIpc) is 2.35. The summed E-state index contributed by atoms with van der Waals surface area (Å²) in [5.41, 5.74) is 0.222. The number of rotatable bonds is 4. The molecule has 0 saturated heterocycles. The third-order valence-electron chi connectivity index (χ3n) is 4.85. The van der Waals surface area contributed by atoms with Crippen molar-refractivity contribution in [3.05, 3.63) is 0 Å². The Morgan fingerprint density at radius 3 is 2.35 bits per heavy atom. The van der Waals surface area contributed by atoms with Gasteiger partial charge in [0, 0.05) is 25.0 Å². The minimum atomic E-state index is 0.222. The van der Waals surface area contributed by atoms with Gasteiger partial charge >= 0.3 is 0 Å². The second-order valence-corrected chi connectivity index (χ2v) is 6.40. The van der Waals surface area contributed by atoms with E-state index < -0.39 is 0 Å². The lowest BCUT2D eigenvalue weighted by atomic mass is 9.57. The van der Waals surface area contributed by atoms with Crippen LogP contribution in [0, 0.1) is 17.3 Å². The van der Waals surface area contributed by atoms with Crippen LogP contribution in [0.25, 0.3) is 0 Å². The molecule has 2 rings (SSSR count). The molecule has 0 amide bonds. The van der Waals surface area contributed by atoms with E-state index in [9.17, 15) is 0 Å². The molecule has 2 aliphatic carbocycles. The molecule has 17 heavy (non-hydrogen) atoms. The van der Waals surface area contributed by atoms with Crippen LogP contribution < -0.4 is 0 Å². The highest BCUT2D eigenvalue weighted by Crippen LogP contribution is 2.52. The minimum Gasteiger partial charge on any atom is -0.384 e. The molecule has 0 aromatic carbocycles. The van der Waals surface area contributed by atoms with Gasteiger partial charge in [0.2, 0.25) is 0 Å². The zero-order valence-corrected chi connectivity index (χ0v) is 11.8. The Bertz CT molecular complexity index is 238. The fourth-order valence-electron chi connectivity index (χ4n) is 4.15. The van der Waals surface area contributed by atoms with E-state index in [0.717, 1.165) is 26.1 Å². The maximum Gasteiger partial charge on any atom is 0.0543 e. The summed E-state index contributed by atoms with van der Waals surface area (Å²) in [5, 5.41) is 0.377. The first-order chi connectivity index (χ1) is 8.23. The zero-order chi connectivity index (χ0) is 12.3. The van der Waals surface area contributed by atoms with Crippen LogP contribution in [0.3, 0.4) is 0 Å². The van der Waals surface area contributed by atoms with Crippen LogP contribution in [-0.4, -0.2) is 32.8 Å². The van der Waals surface area contributed by atoms with E-state index >= 15 is 0 Å². The second-order valence-electron chi connectivity index (χ2n) is 5.84. The van der Waals surface area contributed by atoms with Crippen LogP contribution >= 0.6 is 11.6 Å². The van der Waals surface area contributed by atoms with Gasteiger partial charge in [-0.25, -0.2) is 0 Å². The highest BCUT2D eigenvalue weighted by Gasteiger charge is 2.49. The van der Waals surface area contributed by atoms with Crippen LogP contribution in [-0.2, 0) is 9.47 Å². The van der Waals surface area contributed by atoms with Crippen molar-refractivity contribution in [2.24, 2.45) is 17.3 Å². The first-order valence-electron chi connectivity index (χ1n) is 6.85. The largest absolute Gasteiger partial charge is 0.384 e. The molecule has 0 aromatic rings. The van der Waals surface area contributed by atoms with Gasteiger partial charge < -0.3 is 9.47 Å². The SMILES string of the molecule is COCC1(COC)CCC(Cl)C2CCCCC21. The quantitative estimate of drug-likeness (QED) is 0.721. The minimum absolute atomic E-state index is 0.222. The van der Waals surface area contributed by atoms with Crippen LogP contribution in [0.15, 0.2) is 0 Å². The van der Waals surface area contributed by atoms with Gasteiger partial charge in [-0.2, -0.15) is 0 Å². The van der Waals surface area contributed by atoms with E-state index in [1.165, 1.54) is 25.7 Å². The summed E-state index contributed by atoms with van der Waals surface area (Å²) in [4.78, 5) is 0. The first-order valence-corrected chi connectivity index (χ1v) is 7.29. The van der Waals surface area contributed by atoms with Crippen molar-refractivity contribution in [3.63, 3.8) is 0 Å².